The number of rotatable bonds is 6. The second-order valence-corrected chi connectivity index (χ2v) is 8.92. The molecule has 2 aromatic heterocycles. The minimum absolute atomic E-state index is 0.00855. The third kappa shape index (κ3) is 4.30. The van der Waals surface area contributed by atoms with Crippen LogP contribution in [0.25, 0.3) is 32.4 Å². The molecule has 0 atom stereocenters. The van der Waals surface area contributed by atoms with Crippen molar-refractivity contribution in [1.82, 2.24) is 14.9 Å². The van der Waals surface area contributed by atoms with Crippen molar-refractivity contribution in [2.24, 2.45) is 0 Å². The second-order valence-electron chi connectivity index (χ2n) is 8.06. The summed E-state index contributed by atoms with van der Waals surface area (Å²) in [5.74, 6) is -0.0945. The Bertz CT molecular complexity index is 1460. The molecule has 2 heterocycles. The molecule has 0 fully saturated rings. The van der Waals surface area contributed by atoms with Crippen molar-refractivity contribution in [3.8, 4) is 10.6 Å². The van der Waals surface area contributed by atoms with Crippen LogP contribution in [0.15, 0.2) is 83.0 Å². The molecule has 164 valence electrons. The van der Waals surface area contributed by atoms with E-state index in [1.807, 2.05) is 58.5 Å². The second kappa shape index (κ2) is 9.00. The molecule has 0 aliphatic rings. The number of benzene rings is 3. The molecule has 1 N–H and O–H groups in total. The molecule has 0 aliphatic carbocycles. The zero-order chi connectivity index (χ0) is 22.8. The Hall–Kier alpha value is -3.77. The molecule has 0 bridgehead atoms. The van der Waals surface area contributed by atoms with Gasteiger partial charge in [-0.1, -0.05) is 54.1 Å². The number of fused-ring (bicyclic) bond motifs is 2. The fraction of sp³-hybridized carbons (Fsp3) is 0.148. The third-order valence-corrected chi connectivity index (χ3v) is 6.67. The monoisotopic (exact) mass is 453 g/mol. The van der Waals surface area contributed by atoms with E-state index in [1.165, 1.54) is 5.56 Å². The van der Waals surface area contributed by atoms with Crippen LogP contribution < -0.4 is 10.7 Å². The number of aromatic nitrogens is 2. The number of thiazole rings is 1. The van der Waals surface area contributed by atoms with Gasteiger partial charge < -0.3 is 9.88 Å². The van der Waals surface area contributed by atoms with Gasteiger partial charge in [0.25, 0.3) is 0 Å². The quantitative estimate of drug-likeness (QED) is 0.370. The predicted octanol–water partition coefficient (Wildman–Crippen LogP) is 4.95. The number of para-hydroxylation sites is 2. The molecule has 0 spiro atoms. The highest BCUT2D eigenvalue weighted by Gasteiger charge is 2.13. The van der Waals surface area contributed by atoms with Gasteiger partial charge in [-0.15, -0.1) is 11.3 Å². The van der Waals surface area contributed by atoms with E-state index in [0.717, 1.165) is 27.3 Å². The molecule has 5 aromatic rings. The number of pyridine rings is 1. The topological polar surface area (TPSA) is 64.0 Å². The summed E-state index contributed by atoms with van der Waals surface area (Å²) in [6.45, 7) is 2.72. The lowest BCUT2D eigenvalue weighted by Gasteiger charge is -2.15. The van der Waals surface area contributed by atoms with Gasteiger partial charge in [-0.25, -0.2) is 4.98 Å². The molecule has 33 heavy (non-hydrogen) atoms. The number of carbonyl (C=O) groups is 1. The minimum atomic E-state index is -0.0945. The minimum Gasteiger partial charge on any atom is -0.354 e. The normalized spacial score (nSPS) is 11.2. The standard InChI is InChI=1S/C27H23N3O2S/c1-18-10-12-19(13-11-18)27-29-20(17-33-27)14-15-28-25(31)16-30-23-8-4-2-6-21(23)26(32)22-7-3-5-9-24(22)30/h2-13,17H,14-16H2,1H3,(H,28,31). The van der Waals surface area contributed by atoms with Gasteiger partial charge in [0, 0.05) is 34.7 Å². The Labute approximate surface area is 195 Å². The highest BCUT2D eigenvalue weighted by molar-refractivity contribution is 7.13. The summed E-state index contributed by atoms with van der Waals surface area (Å²) in [5.41, 5.74) is 4.82. The van der Waals surface area contributed by atoms with Crippen LogP contribution in [0.3, 0.4) is 0 Å². The molecule has 6 heteroatoms. The molecular formula is C27H23N3O2S. The summed E-state index contributed by atoms with van der Waals surface area (Å²) in [6.07, 6.45) is 0.666. The summed E-state index contributed by atoms with van der Waals surface area (Å²) >= 11 is 1.62. The maximum atomic E-state index is 12.9. The lowest BCUT2D eigenvalue weighted by atomic mass is 10.1. The first kappa shape index (κ1) is 21.1. The van der Waals surface area contributed by atoms with Gasteiger partial charge in [-0.3, -0.25) is 9.59 Å². The van der Waals surface area contributed by atoms with Crippen molar-refractivity contribution < 1.29 is 4.79 Å². The lowest BCUT2D eigenvalue weighted by molar-refractivity contribution is -0.121. The van der Waals surface area contributed by atoms with E-state index in [1.54, 1.807) is 11.3 Å². The number of hydrogen-bond acceptors (Lipinski definition) is 4. The van der Waals surface area contributed by atoms with Gasteiger partial charge in [0.2, 0.25) is 5.91 Å². The van der Waals surface area contributed by atoms with E-state index in [-0.39, 0.29) is 17.9 Å². The molecule has 0 saturated heterocycles. The summed E-state index contributed by atoms with van der Waals surface area (Å²) in [4.78, 5) is 30.4. The summed E-state index contributed by atoms with van der Waals surface area (Å²) in [6, 6.07) is 23.2. The molecule has 0 saturated carbocycles. The first-order valence-electron chi connectivity index (χ1n) is 10.9. The van der Waals surface area contributed by atoms with Gasteiger partial charge in [0.1, 0.15) is 11.6 Å². The summed E-state index contributed by atoms with van der Waals surface area (Å²) < 4.78 is 1.92. The van der Waals surface area contributed by atoms with Crippen LogP contribution in [0.4, 0.5) is 0 Å². The number of nitrogens with one attached hydrogen (secondary N) is 1. The third-order valence-electron chi connectivity index (χ3n) is 5.73. The maximum absolute atomic E-state index is 12.9. The van der Waals surface area contributed by atoms with Crippen LogP contribution in [-0.4, -0.2) is 22.0 Å². The van der Waals surface area contributed by atoms with Crippen LogP contribution in [0.1, 0.15) is 11.3 Å². The van der Waals surface area contributed by atoms with Crippen LogP contribution in [-0.2, 0) is 17.8 Å². The van der Waals surface area contributed by atoms with Gasteiger partial charge in [-0.2, -0.15) is 0 Å². The van der Waals surface area contributed by atoms with Crippen molar-refractivity contribution >= 4 is 39.0 Å². The number of amides is 1. The van der Waals surface area contributed by atoms with E-state index < -0.39 is 0 Å². The van der Waals surface area contributed by atoms with Gasteiger partial charge in [0.05, 0.1) is 16.7 Å². The first-order chi connectivity index (χ1) is 16.1. The van der Waals surface area contributed by atoms with Gasteiger partial charge in [-0.05, 0) is 31.2 Å². The van der Waals surface area contributed by atoms with E-state index in [0.29, 0.717) is 23.7 Å². The number of aryl methyl sites for hydroxylation is 1. The molecule has 1 amide bonds. The average molecular weight is 454 g/mol. The molecular weight excluding hydrogens is 430 g/mol. The Morgan fingerprint density at radius 3 is 2.24 bits per heavy atom. The van der Waals surface area contributed by atoms with Crippen LogP contribution in [0.5, 0.6) is 0 Å². The molecule has 5 rings (SSSR count). The van der Waals surface area contributed by atoms with Crippen LogP contribution in [0, 0.1) is 6.92 Å². The smallest absolute Gasteiger partial charge is 0.239 e. The summed E-state index contributed by atoms with van der Waals surface area (Å²) in [5, 5.41) is 7.28. The fourth-order valence-corrected chi connectivity index (χ4v) is 4.89. The molecule has 5 nitrogen and oxygen atoms in total. The van der Waals surface area contributed by atoms with Crippen LogP contribution >= 0.6 is 11.3 Å². The number of carbonyl (C=O) groups excluding carboxylic acids is 1. The molecule has 0 unspecified atom stereocenters. The Morgan fingerprint density at radius 2 is 1.58 bits per heavy atom. The van der Waals surface area contributed by atoms with Crippen molar-refractivity contribution in [2.45, 2.75) is 19.9 Å². The van der Waals surface area contributed by atoms with E-state index in [9.17, 15) is 9.59 Å². The van der Waals surface area contributed by atoms with Crippen LogP contribution in [0.2, 0.25) is 0 Å². The highest BCUT2D eigenvalue weighted by atomic mass is 32.1. The SMILES string of the molecule is Cc1ccc(-c2nc(CCNC(=O)Cn3c4ccccc4c(=O)c4ccccc43)cs2)cc1. The Morgan fingerprint density at radius 1 is 0.939 bits per heavy atom. The van der Waals surface area contributed by atoms with Gasteiger partial charge >= 0.3 is 0 Å². The summed E-state index contributed by atoms with van der Waals surface area (Å²) in [7, 11) is 0. The highest BCUT2D eigenvalue weighted by Crippen LogP contribution is 2.24. The number of nitrogens with zero attached hydrogens (tertiary/aromatic N) is 2. The zero-order valence-electron chi connectivity index (χ0n) is 18.2. The number of hydrogen-bond donors (Lipinski definition) is 1. The van der Waals surface area contributed by atoms with E-state index >= 15 is 0 Å². The van der Waals surface area contributed by atoms with Crippen molar-refractivity contribution in [3.05, 3.63) is 99.7 Å². The fourth-order valence-electron chi connectivity index (χ4n) is 4.03. The van der Waals surface area contributed by atoms with Crippen molar-refractivity contribution in [2.75, 3.05) is 6.54 Å². The first-order valence-corrected chi connectivity index (χ1v) is 11.8. The van der Waals surface area contributed by atoms with E-state index in [2.05, 4.69) is 36.5 Å². The van der Waals surface area contributed by atoms with Gasteiger partial charge in [0.15, 0.2) is 5.43 Å². The largest absolute Gasteiger partial charge is 0.354 e. The predicted molar refractivity (Wildman–Crippen MR) is 135 cm³/mol. The molecule has 0 radical (unpaired) electrons. The maximum Gasteiger partial charge on any atom is 0.239 e. The van der Waals surface area contributed by atoms with Crippen molar-refractivity contribution in [1.29, 1.82) is 0 Å². The Balaban J connectivity index is 1.30. The zero-order valence-corrected chi connectivity index (χ0v) is 19.1. The lowest BCUT2D eigenvalue weighted by Crippen LogP contribution is -2.30. The van der Waals surface area contributed by atoms with Crippen molar-refractivity contribution in [3.63, 3.8) is 0 Å². The average Bonchev–Trinajstić information content (AvgIpc) is 3.31. The molecule has 0 aliphatic heterocycles. The molecule has 3 aromatic carbocycles. The Kier molecular flexibility index (Phi) is 5.75. The van der Waals surface area contributed by atoms with E-state index in [4.69, 9.17) is 4.98 Å².